The van der Waals surface area contributed by atoms with Crippen LogP contribution in [0.2, 0.25) is 0 Å². The summed E-state index contributed by atoms with van der Waals surface area (Å²) in [6, 6.07) is 6.37. The molecule has 2 aromatic rings. The summed E-state index contributed by atoms with van der Waals surface area (Å²) < 4.78 is 34.5. The Kier molecular flexibility index (Phi) is 5.88. The van der Waals surface area contributed by atoms with Crippen LogP contribution in [0.25, 0.3) is 5.69 Å². The first-order valence-corrected chi connectivity index (χ1v) is 11.2. The Balaban J connectivity index is 1.40. The lowest BCUT2D eigenvalue weighted by molar-refractivity contribution is -0.126. The van der Waals surface area contributed by atoms with Crippen molar-refractivity contribution >= 4 is 15.9 Å². The van der Waals surface area contributed by atoms with Gasteiger partial charge < -0.3 is 10.1 Å². The highest BCUT2D eigenvalue weighted by Gasteiger charge is 2.33. The maximum atomic E-state index is 13.0. The van der Waals surface area contributed by atoms with Crippen LogP contribution in [0.3, 0.4) is 0 Å². The smallest absolute Gasteiger partial charge is 0.243 e. The molecular weight excluding hydrogens is 396 g/mol. The summed E-state index contributed by atoms with van der Waals surface area (Å²) in [5.41, 5.74) is 0.666. The Morgan fingerprint density at radius 2 is 2.03 bits per heavy atom. The van der Waals surface area contributed by atoms with Crippen molar-refractivity contribution in [2.45, 2.75) is 36.7 Å². The lowest BCUT2D eigenvalue weighted by atomic mass is 9.99. The molecule has 2 atom stereocenters. The summed E-state index contributed by atoms with van der Waals surface area (Å²) in [5.74, 6) is -0.449. The predicted molar refractivity (Wildman–Crippen MR) is 103 cm³/mol. The lowest BCUT2D eigenvalue weighted by Crippen LogP contribution is -2.46. The zero-order valence-electron chi connectivity index (χ0n) is 16.0. The number of benzene rings is 1. The number of amides is 1. The van der Waals surface area contributed by atoms with Crippen molar-refractivity contribution < 1.29 is 17.9 Å². The van der Waals surface area contributed by atoms with E-state index in [1.54, 1.807) is 12.1 Å². The number of nitrogens with zero attached hydrogens (tertiary/aromatic N) is 5. The van der Waals surface area contributed by atoms with Gasteiger partial charge in [0, 0.05) is 26.2 Å². The van der Waals surface area contributed by atoms with Crippen molar-refractivity contribution in [3.05, 3.63) is 30.6 Å². The van der Waals surface area contributed by atoms with Gasteiger partial charge in [0.05, 0.1) is 22.6 Å². The minimum atomic E-state index is -3.68. The zero-order valence-corrected chi connectivity index (χ0v) is 16.8. The quantitative estimate of drug-likeness (QED) is 0.716. The van der Waals surface area contributed by atoms with Crippen molar-refractivity contribution in [3.8, 4) is 5.69 Å². The number of carbonyl (C=O) groups is 1. The number of hydrogen-bond acceptors (Lipinski definition) is 7. The number of piperidine rings is 1. The molecule has 1 N–H and O–H groups in total. The highest BCUT2D eigenvalue weighted by atomic mass is 32.2. The van der Waals surface area contributed by atoms with E-state index >= 15 is 0 Å². The molecular formula is C18H24N6O4S. The number of ether oxygens (including phenoxy) is 1. The Bertz CT molecular complexity index is 926. The van der Waals surface area contributed by atoms with Gasteiger partial charge in [0.2, 0.25) is 15.9 Å². The number of hydrogen-bond donors (Lipinski definition) is 1. The standard InChI is InChI=1S/C18H24N6O4S/c25-18(19-11-16-4-2-10-28-16)14-3-1-9-23(12-14)29(26,27)17-7-5-15(6-8-17)24-13-20-21-22-24/h5-8,13-14,16H,1-4,9-12H2,(H,19,25). The fraction of sp³-hybridized carbons (Fsp3) is 0.556. The molecule has 2 aliphatic rings. The van der Waals surface area contributed by atoms with Gasteiger partial charge in [0.15, 0.2) is 0 Å². The van der Waals surface area contributed by atoms with E-state index in [-0.39, 0.29) is 29.4 Å². The first kappa shape index (κ1) is 19.9. The van der Waals surface area contributed by atoms with Crippen LogP contribution in [0, 0.1) is 5.92 Å². The molecule has 3 heterocycles. The molecule has 1 aromatic heterocycles. The Hall–Kier alpha value is -2.37. The average molecular weight is 420 g/mol. The Morgan fingerprint density at radius 3 is 2.72 bits per heavy atom. The van der Waals surface area contributed by atoms with Crippen LogP contribution in [0.1, 0.15) is 25.7 Å². The second kappa shape index (κ2) is 8.56. The fourth-order valence-electron chi connectivity index (χ4n) is 3.74. The van der Waals surface area contributed by atoms with E-state index in [0.717, 1.165) is 19.4 Å². The minimum Gasteiger partial charge on any atom is -0.376 e. The molecule has 2 aliphatic heterocycles. The number of aromatic nitrogens is 4. The van der Waals surface area contributed by atoms with E-state index in [0.29, 0.717) is 31.6 Å². The monoisotopic (exact) mass is 420 g/mol. The summed E-state index contributed by atoms with van der Waals surface area (Å²) in [7, 11) is -3.68. The SMILES string of the molecule is O=C(NCC1CCCO1)C1CCCN(S(=O)(=O)c2ccc(-n3cnnn3)cc2)C1. The highest BCUT2D eigenvalue weighted by molar-refractivity contribution is 7.89. The first-order chi connectivity index (χ1) is 14.0. The van der Waals surface area contributed by atoms with Crippen molar-refractivity contribution in [2.24, 2.45) is 5.92 Å². The van der Waals surface area contributed by atoms with Gasteiger partial charge in [-0.1, -0.05) is 0 Å². The zero-order chi connectivity index (χ0) is 20.3. The molecule has 11 heteroatoms. The van der Waals surface area contributed by atoms with Crippen LogP contribution >= 0.6 is 0 Å². The van der Waals surface area contributed by atoms with Crippen LogP contribution < -0.4 is 5.32 Å². The molecule has 0 radical (unpaired) electrons. The molecule has 0 saturated carbocycles. The van der Waals surface area contributed by atoms with Crippen LogP contribution in [-0.2, 0) is 19.6 Å². The molecule has 2 saturated heterocycles. The van der Waals surface area contributed by atoms with Crippen LogP contribution in [0.5, 0.6) is 0 Å². The molecule has 0 aliphatic carbocycles. The predicted octanol–water partition coefficient (Wildman–Crippen LogP) is 0.358. The van der Waals surface area contributed by atoms with Gasteiger partial charge >= 0.3 is 0 Å². The number of rotatable bonds is 6. The van der Waals surface area contributed by atoms with Gasteiger partial charge in [-0.2, -0.15) is 4.31 Å². The maximum Gasteiger partial charge on any atom is 0.243 e. The van der Waals surface area contributed by atoms with E-state index in [4.69, 9.17) is 4.74 Å². The highest BCUT2D eigenvalue weighted by Crippen LogP contribution is 2.24. The fourth-order valence-corrected chi connectivity index (χ4v) is 5.26. The van der Waals surface area contributed by atoms with Crippen molar-refractivity contribution in [1.29, 1.82) is 0 Å². The van der Waals surface area contributed by atoms with E-state index < -0.39 is 10.0 Å². The van der Waals surface area contributed by atoms with Gasteiger partial charge in [-0.25, -0.2) is 13.1 Å². The second-order valence-electron chi connectivity index (χ2n) is 7.33. The largest absolute Gasteiger partial charge is 0.376 e. The maximum absolute atomic E-state index is 13.0. The van der Waals surface area contributed by atoms with Crippen LogP contribution in [0.4, 0.5) is 0 Å². The molecule has 29 heavy (non-hydrogen) atoms. The number of carbonyl (C=O) groups excluding carboxylic acids is 1. The molecule has 10 nitrogen and oxygen atoms in total. The first-order valence-electron chi connectivity index (χ1n) is 9.77. The van der Waals surface area contributed by atoms with Gasteiger partial charge in [0.25, 0.3) is 0 Å². The third-order valence-electron chi connectivity index (χ3n) is 5.37. The molecule has 0 bridgehead atoms. The second-order valence-corrected chi connectivity index (χ2v) is 9.27. The summed E-state index contributed by atoms with van der Waals surface area (Å²) in [6.07, 6.45) is 4.81. The van der Waals surface area contributed by atoms with E-state index in [2.05, 4.69) is 20.8 Å². The van der Waals surface area contributed by atoms with Gasteiger partial charge in [-0.15, -0.1) is 5.10 Å². The van der Waals surface area contributed by atoms with E-state index in [1.165, 1.54) is 27.4 Å². The number of nitrogens with one attached hydrogen (secondary N) is 1. The summed E-state index contributed by atoms with van der Waals surface area (Å²) in [6.45, 7) is 1.82. The lowest BCUT2D eigenvalue weighted by Gasteiger charge is -2.31. The van der Waals surface area contributed by atoms with E-state index in [9.17, 15) is 13.2 Å². The topological polar surface area (TPSA) is 119 Å². The molecule has 156 valence electrons. The number of tetrazole rings is 1. The number of sulfonamides is 1. The van der Waals surface area contributed by atoms with E-state index in [1.807, 2.05) is 0 Å². The van der Waals surface area contributed by atoms with Crippen LogP contribution in [0.15, 0.2) is 35.5 Å². The van der Waals surface area contributed by atoms with Gasteiger partial charge in [-0.05, 0) is 60.4 Å². The van der Waals surface area contributed by atoms with Gasteiger partial charge in [-0.3, -0.25) is 4.79 Å². The average Bonchev–Trinajstić information content (AvgIpc) is 3.46. The molecule has 0 spiro atoms. The van der Waals surface area contributed by atoms with Gasteiger partial charge in [0.1, 0.15) is 6.33 Å². The summed E-state index contributed by atoms with van der Waals surface area (Å²) in [4.78, 5) is 12.7. The Morgan fingerprint density at radius 1 is 1.21 bits per heavy atom. The minimum absolute atomic E-state index is 0.0704. The Labute approximate surface area is 169 Å². The third-order valence-corrected chi connectivity index (χ3v) is 7.25. The molecule has 1 aromatic carbocycles. The third kappa shape index (κ3) is 4.46. The molecule has 2 unspecified atom stereocenters. The molecule has 4 rings (SSSR count). The van der Waals surface area contributed by atoms with Crippen molar-refractivity contribution in [3.63, 3.8) is 0 Å². The van der Waals surface area contributed by atoms with Crippen molar-refractivity contribution in [1.82, 2.24) is 29.8 Å². The molecule has 2 fully saturated rings. The summed E-state index contributed by atoms with van der Waals surface area (Å²) in [5, 5.41) is 13.8. The molecule has 1 amide bonds. The van der Waals surface area contributed by atoms with Crippen molar-refractivity contribution in [2.75, 3.05) is 26.2 Å². The normalized spacial score (nSPS) is 23.2. The summed E-state index contributed by atoms with van der Waals surface area (Å²) >= 11 is 0. The van der Waals surface area contributed by atoms with Crippen LogP contribution in [-0.4, -0.2) is 71.2 Å².